The summed E-state index contributed by atoms with van der Waals surface area (Å²) in [4.78, 5) is 16.4. The van der Waals surface area contributed by atoms with Crippen molar-refractivity contribution in [3.63, 3.8) is 0 Å². The first kappa shape index (κ1) is 16.7. The molecule has 126 valence electrons. The molecule has 0 saturated heterocycles. The van der Waals surface area contributed by atoms with E-state index in [-0.39, 0.29) is 29.9 Å². The molecule has 25 heavy (non-hydrogen) atoms. The lowest BCUT2D eigenvalue weighted by Crippen LogP contribution is -2.35. The van der Waals surface area contributed by atoms with E-state index in [9.17, 15) is 10.1 Å². The Labute approximate surface area is 146 Å². The Morgan fingerprint density at radius 1 is 1.24 bits per heavy atom. The molecular weight excluding hydrogens is 314 g/mol. The maximum Gasteiger partial charge on any atom is 0.240 e. The largest absolute Gasteiger partial charge is 0.347 e. The van der Waals surface area contributed by atoms with Gasteiger partial charge in [-0.2, -0.15) is 10.5 Å². The minimum Gasteiger partial charge on any atom is -0.347 e. The molecule has 0 unspecified atom stereocenters. The van der Waals surface area contributed by atoms with Crippen LogP contribution < -0.4 is 5.32 Å². The Morgan fingerprint density at radius 2 is 1.96 bits per heavy atom. The quantitative estimate of drug-likeness (QED) is 0.910. The molecule has 0 aliphatic heterocycles. The van der Waals surface area contributed by atoms with Gasteiger partial charge in [-0.3, -0.25) is 4.79 Å². The Morgan fingerprint density at radius 3 is 2.60 bits per heavy atom. The summed E-state index contributed by atoms with van der Waals surface area (Å²) >= 11 is 0. The van der Waals surface area contributed by atoms with Crippen LogP contribution in [0.3, 0.4) is 0 Å². The number of nitrogens with zero attached hydrogens (tertiary/aromatic N) is 4. The summed E-state index contributed by atoms with van der Waals surface area (Å²) in [7, 11) is 0. The second-order valence-electron chi connectivity index (χ2n) is 6.29. The fraction of sp³-hybridized carbons (Fsp3) is 0.368. The molecule has 1 amide bonds. The average Bonchev–Trinajstić information content (AvgIpc) is 3.29. The van der Waals surface area contributed by atoms with Crippen molar-refractivity contribution in [1.29, 1.82) is 10.5 Å². The van der Waals surface area contributed by atoms with Crippen molar-refractivity contribution < 1.29 is 4.79 Å². The van der Waals surface area contributed by atoms with Gasteiger partial charge < -0.3 is 9.88 Å². The molecule has 1 aromatic carbocycles. The zero-order valence-corrected chi connectivity index (χ0v) is 13.9. The molecule has 1 atom stereocenters. The highest BCUT2D eigenvalue weighted by Crippen LogP contribution is 2.35. The van der Waals surface area contributed by atoms with Gasteiger partial charge in [0, 0.05) is 0 Å². The van der Waals surface area contributed by atoms with Crippen LogP contribution in [-0.4, -0.2) is 15.5 Å². The summed E-state index contributed by atoms with van der Waals surface area (Å²) in [5.41, 5.74) is 1.27. The molecule has 1 heterocycles. The molecule has 1 aliphatic rings. The number of nitriles is 2. The number of imidazole rings is 1. The molecule has 0 spiro atoms. The van der Waals surface area contributed by atoms with Gasteiger partial charge in [-0.05, 0) is 24.3 Å². The number of nitrogens with one attached hydrogen (secondary N) is 1. The molecule has 0 bridgehead atoms. The SMILES string of the molecule is N#Cc1ncn(CC(=O)N[C@@H](c2ccccc2)C2CCCC2)c1C#N. The van der Waals surface area contributed by atoms with Gasteiger partial charge in [0.15, 0.2) is 11.4 Å². The minimum absolute atomic E-state index is 0.0202. The molecule has 2 aromatic rings. The Bertz CT molecular complexity index is 822. The number of aromatic nitrogens is 2. The summed E-state index contributed by atoms with van der Waals surface area (Å²) in [6.07, 6.45) is 5.95. The predicted molar refractivity (Wildman–Crippen MR) is 90.9 cm³/mol. The highest BCUT2D eigenvalue weighted by atomic mass is 16.2. The van der Waals surface area contributed by atoms with Crippen LogP contribution >= 0.6 is 0 Å². The number of hydrogen-bond acceptors (Lipinski definition) is 4. The van der Waals surface area contributed by atoms with Crippen molar-refractivity contribution in [3.8, 4) is 12.1 Å². The van der Waals surface area contributed by atoms with E-state index in [1.807, 2.05) is 42.5 Å². The number of rotatable bonds is 5. The van der Waals surface area contributed by atoms with Gasteiger partial charge in [0.05, 0.1) is 12.4 Å². The van der Waals surface area contributed by atoms with Gasteiger partial charge in [-0.25, -0.2) is 4.98 Å². The molecule has 3 rings (SSSR count). The van der Waals surface area contributed by atoms with E-state index in [4.69, 9.17) is 5.26 Å². The summed E-state index contributed by atoms with van der Waals surface area (Å²) in [6, 6.07) is 13.8. The lowest BCUT2D eigenvalue weighted by Gasteiger charge is -2.25. The van der Waals surface area contributed by atoms with Crippen molar-refractivity contribution in [2.24, 2.45) is 5.92 Å². The van der Waals surface area contributed by atoms with Crippen LogP contribution in [0.5, 0.6) is 0 Å². The predicted octanol–water partition coefficient (Wildman–Crippen LogP) is 2.67. The first-order chi connectivity index (χ1) is 12.2. The van der Waals surface area contributed by atoms with E-state index in [2.05, 4.69) is 10.3 Å². The van der Waals surface area contributed by atoms with E-state index in [0.717, 1.165) is 18.4 Å². The van der Waals surface area contributed by atoms with Gasteiger partial charge in [0.2, 0.25) is 5.91 Å². The number of carbonyl (C=O) groups is 1. The van der Waals surface area contributed by atoms with Crippen LogP contribution in [0.1, 0.15) is 48.7 Å². The van der Waals surface area contributed by atoms with Crippen LogP contribution in [0.25, 0.3) is 0 Å². The highest BCUT2D eigenvalue weighted by Gasteiger charge is 2.27. The number of benzene rings is 1. The molecule has 1 saturated carbocycles. The maximum atomic E-state index is 12.6. The second-order valence-corrected chi connectivity index (χ2v) is 6.29. The molecule has 1 N–H and O–H groups in total. The fourth-order valence-corrected chi connectivity index (χ4v) is 3.50. The van der Waals surface area contributed by atoms with Crippen molar-refractivity contribution in [3.05, 3.63) is 53.6 Å². The molecule has 1 fully saturated rings. The Balaban J connectivity index is 1.76. The second kappa shape index (κ2) is 7.63. The van der Waals surface area contributed by atoms with E-state index < -0.39 is 0 Å². The number of carbonyl (C=O) groups excluding carboxylic acids is 1. The first-order valence-corrected chi connectivity index (χ1v) is 8.42. The maximum absolute atomic E-state index is 12.6. The molecular formula is C19H19N5O. The van der Waals surface area contributed by atoms with Gasteiger partial charge >= 0.3 is 0 Å². The van der Waals surface area contributed by atoms with E-state index in [1.54, 1.807) is 0 Å². The average molecular weight is 333 g/mol. The van der Waals surface area contributed by atoms with Crippen molar-refractivity contribution >= 4 is 5.91 Å². The smallest absolute Gasteiger partial charge is 0.240 e. The summed E-state index contributed by atoms with van der Waals surface area (Å²) in [5, 5.41) is 21.3. The normalized spacial score (nSPS) is 15.3. The number of hydrogen-bond donors (Lipinski definition) is 1. The third-order valence-electron chi connectivity index (χ3n) is 4.71. The Hall–Kier alpha value is -3.12. The van der Waals surface area contributed by atoms with Crippen molar-refractivity contribution in [1.82, 2.24) is 14.9 Å². The minimum atomic E-state index is -0.181. The third kappa shape index (κ3) is 3.70. The van der Waals surface area contributed by atoms with E-state index in [0.29, 0.717) is 5.92 Å². The zero-order valence-electron chi connectivity index (χ0n) is 13.9. The summed E-state index contributed by atoms with van der Waals surface area (Å²) in [6.45, 7) is -0.0202. The van der Waals surface area contributed by atoms with Gasteiger partial charge in [-0.1, -0.05) is 43.2 Å². The van der Waals surface area contributed by atoms with Crippen LogP contribution in [-0.2, 0) is 11.3 Å². The van der Waals surface area contributed by atoms with Gasteiger partial charge in [-0.15, -0.1) is 0 Å². The standard InChI is InChI=1S/C19H19N5O/c20-10-16-17(11-21)24(13-22-16)12-18(25)23-19(15-8-4-5-9-15)14-6-2-1-3-7-14/h1-3,6-7,13,15,19H,4-5,8-9,12H2,(H,23,25)/t19-/m0/s1. The topological polar surface area (TPSA) is 94.5 Å². The van der Waals surface area contributed by atoms with Gasteiger partial charge in [0.1, 0.15) is 18.7 Å². The molecule has 1 aromatic heterocycles. The highest BCUT2D eigenvalue weighted by molar-refractivity contribution is 5.76. The molecule has 6 heteroatoms. The monoisotopic (exact) mass is 333 g/mol. The third-order valence-corrected chi connectivity index (χ3v) is 4.71. The number of amides is 1. The summed E-state index contributed by atoms with van der Waals surface area (Å²) in [5.74, 6) is 0.249. The van der Waals surface area contributed by atoms with Crippen LogP contribution in [0, 0.1) is 28.6 Å². The molecule has 1 aliphatic carbocycles. The fourth-order valence-electron chi connectivity index (χ4n) is 3.50. The van der Waals surface area contributed by atoms with E-state index >= 15 is 0 Å². The van der Waals surface area contributed by atoms with Crippen molar-refractivity contribution in [2.75, 3.05) is 0 Å². The van der Waals surface area contributed by atoms with Crippen LogP contribution in [0.4, 0.5) is 0 Å². The first-order valence-electron chi connectivity index (χ1n) is 8.42. The molecule has 0 radical (unpaired) electrons. The van der Waals surface area contributed by atoms with E-state index in [1.165, 1.54) is 23.7 Å². The lowest BCUT2D eigenvalue weighted by atomic mass is 9.91. The van der Waals surface area contributed by atoms with Crippen molar-refractivity contribution in [2.45, 2.75) is 38.3 Å². The summed E-state index contributed by atoms with van der Waals surface area (Å²) < 4.78 is 1.42. The zero-order chi connectivity index (χ0) is 17.6. The van der Waals surface area contributed by atoms with Gasteiger partial charge in [0.25, 0.3) is 0 Å². The van der Waals surface area contributed by atoms with Crippen LogP contribution in [0.2, 0.25) is 0 Å². The Kier molecular flexibility index (Phi) is 5.11. The van der Waals surface area contributed by atoms with Crippen LogP contribution in [0.15, 0.2) is 36.7 Å². The molecule has 6 nitrogen and oxygen atoms in total. The lowest BCUT2D eigenvalue weighted by molar-refractivity contribution is -0.122.